The molecule has 0 aliphatic heterocycles. The molecule has 0 spiro atoms. The highest BCUT2D eigenvalue weighted by molar-refractivity contribution is 9.10. The Kier molecular flexibility index (Phi) is 39.0. The maximum absolute atomic E-state index is 13.8. The van der Waals surface area contributed by atoms with Crippen LogP contribution >= 0.6 is 97.1 Å². The molecule has 0 bridgehead atoms. The van der Waals surface area contributed by atoms with E-state index in [4.69, 9.17) is 110 Å². The van der Waals surface area contributed by atoms with Gasteiger partial charge in [-0.2, -0.15) is 0 Å². The molecule has 13 rings (SSSR count). The van der Waals surface area contributed by atoms with E-state index in [0.717, 1.165) is 102 Å². The molecule has 26 heteroatoms. The van der Waals surface area contributed by atoms with E-state index in [-0.39, 0.29) is 80.1 Å². The van der Waals surface area contributed by atoms with Crippen LogP contribution in [0.15, 0.2) is 186 Å². The van der Waals surface area contributed by atoms with Gasteiger partial charge in [0.25, 0.3) is 31.5 Å². The van der Waals surface area contributed by atoms with Gasteiger partial charge in [-0.25, -0.2) is 26.3 Å². The van der Waals surface area contributed by atoms with Crippen molar-refractivity contribution < 1.29 is 83.5 Å². The minimum absolute atomic E-state index is 0.0385. The largest absolute Gasteiger partial charge is 0.488 e. The molecule has 0 atom stereocenters. The van der Waals surface area contributed by atoms with Gasteiger partial charge in [0.15, 0.2) is 0 Å². The normalized spacial score (nSPS) is 11.1. The highest BCUT2D eigenvalue weighted by atomic mass is 79.9. The lowest BCUT2D eigenvalue weighted by Gasteiger charge is -2.15. The summed E-state index contributed by atoms with van der Waals surface area (Å²) in [4.78, 5) is 69.0. The summed E-state index contributed by atoms with van der Waals surface area (Å²) in [6.45, 7) is 28.0. The Hall–Kier alpha value is -10.5. The first kappa shape index (κ1) is 104. The highest BCUT2D eigenvalue weighted by Gasteiger charge is 2.29. The molecule has 0 aromatic heterocycles. The monoisotopic (exact) mass is 1960 g/mol. The number of carbonyl (C=O) groups is 6. The number of hydrogen-bond acceptors (Lipinski definition) is 12. The van der Waals surface area contributed by atoms with Gasteiger partial charge in [0.1, 0.15) is 109 Å². The molecule has 1 saturated carbocycles. The third kappa shape index (κ3) is 29.0. The van der Waals surface area contributed by atoms with E-state index in [9.17, 15) is 55.1 Å². The van der Waals surface area contributed by atoms with Crippen LogP contribution in [0, 0.1) is 132 Å². The zero-order valence-electron chi connectivity index (χ0n) is 73.5. The second-order valence-corrected chi connectivity index (χ2v) is 34.1. The molecule has 1 aliphatic carbocycles. The van der Waals surface area contributed by atoms with E-state index < -0.39 is 31.5 Å². The maximum atomic E-state index is 13.8. The predicted octanol–water partition coefficient (Wildman–Crippen LogP) is 29.9. The summed E-state index contributed by atoms with van der Waals surface area (Å²) in [5.74, 6) is 1.33. The van der Waals surface area contributed by atoms with Crippen LogP contribution in [0.3, 0.4) is 0 Å². The Bertz CT molecular complexity index is 5690. The summed E-state index contributed by atoms with van der Waals surface area (Å²) >= 11 is 43.1. The number of halogens is 14. The summed E-state index contributed by atoms with van der Waals surface area (Å²) in [7, 11) is 0. The van der Waals surface area contributed by atoms with E-state index in [1.165, 1.54) is 36.4 Å². The fourth-order valence-corrected chi connectivity index (χ4v) is 15.4. The predicted molar refractivity (Wildman–Crippen MR) is 505 cm³/mol. The minimum atomic E-state index is -0.608. The molecule has 0 radical (unpaired) electrons. The molecule has 0 amide bonds. The van der Waals surface area contributed by atoms with E-state index in [1.54, 1.807) is 157 Å². The Morgan fingerprint density at radius 2 is 0.519 bits per heavy atom. The fourth-order valence-electron chi connectivity index (χ4n) is 13.7. The first-order valence-corrected chi connectivity index (χ1v) is 43.9. The Labute approximate surface area is 791 Å². The number of aryl methyl sites for hydroxylation is 15. The highest BCUT2D eigenvalue weighted by Crippen LogP contribution is 2.43. The maximum Gasteiger partial charge on any atom is 0.252 e. The third-order valence-electron chi connectivity index (χ3n) is 21.2. The van der Waals surface area contributed by atoms with Crippen molar-refractivity contribution in [2.45, 2.75) is 169 Å². The van der Waals surface area contributed by atoms with Crippen molar-refractivity contribution in [3.63, 3.8) is 0 Å². The molecule has 0 saturated heterocycles. The molecule has 12 nitrogen and oxygen atoms in total. The van der Waals surface area contributed by atoms with Gasteiger partial charge in [-0.1, -0.05) is 95.1 Å². The standard InChI is InChI=1S/C19H18ClFO2.C18H18ClFO2.2C17H16ClFO2.C16H13BrClFO2.C16H13Cl2FO2/c1-11-8-12(2)18(9-17(11)21)23-10-16-14(13-6-7-13)4-3-5-15(16)19(20)22;1-4-13-6-5-7-14(18(19)21)15(13)10-22-17-9-16(20)11(2)8-12(17)3;2*1-10-5-4-6-13(17(18)20)14(10)9-21-16-8-15(19)11(2)7-12(16)3;2*1-9-6-10(2)15(7-14(9)19)21-8-12-11(16(18)20)4-3-5-13(12)17/h3-5,8-9,13H,6-7,10H2,1-2H3;5-9H,4,10H2,1-3H3;2*4-8H,9H2,1-3H3;2*3-7H,8H2,1-2H3. The van der Waals surface area contributed by atoms with Crippen LogP contribution in [0.2, 0.25) is 5.02 Å². The van der Waals surface area contributed by atoms with Gasteiger partial charge >= 0.3 is 0 Å². The fraction of sp³-hybridized carbons (Fsp3) is 0.243. The molecule has 0 N–H and O–H groups in total. The van der Waals surface area contributed by atoms with Crippen molar-refractivity contribution in [2.24, 2.45) is 0 Å². The van der Waals surface area contributed by atoms with E-state index in [1.807, 2.05) is 92.6 Å². The molecular weight excluding hydrogens is 1870 g/mol. The molecule has 12 aromatic carbocycles. The average Bonchev–Trinajstić information content (AvgIpc) is 1.67. The average molecular weight is 1970 g/mol. The van der Waals surface area contributed by atoms with Crippen LogP contribution in [-0.2, 0) is 46.1 Å². The number of ether oxygens (including phenoxy) is 6. The van der Waals surface area contributed by atoms with Gasteiger partial charge in [0.2, 0.25) is 0 Å². The summed E-state index contributed by atoms with van der Waals surface area (Å²) in [6.07, 6.45) is 2.99. The zero-order chi connectivity index (χ0) is 95.1. The molecule has 0 unspecified atom stereocenters. The minimum Gasteiger partial charge on any atom is -0.488 e. The summed E-state index contributed by atoms with van der Waals surface area (Å²) in [5, 5.41) is -2.83. The van der Waals surface area contributed by atoms with E-state index >= 15 is 0 Å². The van der Waals surface area contributed by atoms with Gasteiger partial charge < -0.3 is 28.4 Å². The molecule has 676 valence electrons. The van der Waals surface area contributed by atoms with Crippen LogP contribution in [0.1, 0.15) is 210 Å². The number of hydrogen-bond donors (Lipinski definition) is 0. The molecule has 1 aliphatic rings. The van der Waals surface area contributed by atoms with Gasteiger partial charge in [0, 0.05) is 113 Å². The Morgan fingerprint density at radius 3 is 0.822 bits per heavy atom. The van der Waals surface area contributed by atoms with Gasteiger partial charge in [-0.3, -0.25) is 28.8 Å². The molecule has 129 heavy (non-hydrogen) atoms. The van der Waals surface area contributed by atoms with Gasteiger partial charge in [-0.05, 0) is 366 Å². The molecule has 12 aromatic rings. The van der Waals surface area contributed by atoms with Crippen LogP contribution < -0.4 is 28.4 Å². The van der Waals surface area contributed by atoms with Crippen molar-refractivity contribution >= 4 is 129 Å². The lowest BCUT2D eigenvalue weighted by Crippen LogP contribution is -2.07. The second-order valence-electron chi connectivity index (χ2n) is 30.8. The van der Waals surface area contributed by atoms with E-state index in [2.05, 4.69) is 15.9 Å². The smallest absolute Gasteiger partial charge is 0.252 e. The summed E-state index contributed by atoms with van der Waals surface area (Å²) < 4.78 is 117. The Morgan fingerprint density at radius 1 is 0.287 bits per heavy atom. The first-order chi connectivity index (χ1) is 61.0. The summed E-state index contributed by atoms with van der Waals surface area (Å²) in [6, 6.07) is 50.2. The van der Waals surface area contributed by atoms with Crippen LogP contribution in [0.5, 0.6) is 34.5 Å². The zero-order valence-corrected chi connectivity index (χ0v) is 80.3. The number of carbonyl (C=O) groups excluding carboxylic acids is 6. The van der Waals surface area contributed by atoms with Crippen LogP contribution in [-0.4, -0.2) is 31.5 Å². The van der Waals surface area contributed by atoms with Crippen molar-refractivity contribution in [1.82, 2.24) is 0 Å². The van der Waals surface area contributed by atoms with Crippen molar-refractivity contribution in [1.29, 1.82) is 0 Å². The number of rotatable bonds is 26. The Balaban J connectivity index is 0.000000191. The van der Waals surface area contributed by atoms with Crippen LogP contribution in [0.25, 0.3) is 0 Å². The SMILES string of the molecule is CCc1cccc(C(=O)Cl)c1COc1cc(F)c(C)cc1C.Cc1cc(C)c(OCc2c(Br)cccc2C(=O)Cl)cc1F.Cc1cc(C)c(OCc2c(C(=O)Cl)cccc2C2CC2)cc1F.Cc1cc(C)c(OCc2c(C)cccc2C(=O)Cl)cc1F.Cc1cc(C)c(OCc2c(C)cccc2C(=O)Cl)cc1F.Cc1cc(C)c(OCc2c(Cl)cccc2C(=O)Cl)cc1F. The molecular formula is C103H94BrCl7F6O12. The quantitative estimate of drug-likeness (QED) is 0.0374. The topological polar surface area (TPSA) is 158 Å². The molecule has 0 heterocycles. The molecule has 1 fully saturated rings. The van der Waals surface area contributed by atoms with Crippen molar-refractivity contribution in [2.75, 3.05) is 0 Å². The third-order valence-corrected chi connectivity index (χ3v) is 23.5. The van der Waals surface area contributed by atoms with E-state index in [0.29, 0.717) is 118 Å². The lowest BCUT2D eigenvalue weighted by atomic mass is 9.99. The lowest BCUT2D eigenvalue weighted by molar-refractivity contribution is 0.107. The first-order valence-electron chi connectivity index (χ1n) is 40.5. The van der Waals surface area contributed by atoms with Crippen molar-refractivity contribution in [3.8, 4) is 34.5 Å². The second kappa shape index (κ2) is 48.4. The summed E-state index contributed by atoms with van der Waals surface area (Å²) in [5.41, 5.74) is 19.0. The van der Waals surface area contributed by atoms with Crippen LogP contribution in [0.4, 0.5) is 26.3 Å². The van der Waals surface area contributed by atoms with Gasteiger partial charge in [0.05, 0.1) is 0 Å². The van der Waals surface area contributed by atoms with Crippen molar-refractivity contribution in [3.05, 3.63) is 382 Å². The van der Waals surface area contributed by atoms with Gasteiger partial charge in [-0.15, -0.1) is 0 Å². The number of benzene rings is 12.